The van der Waals surface area contributed by atoms with Crippen LogP contribution in [0, 0.1) is 10.1 Å². The zero-order chi connectivity index (χ0) is 15.5. The Morgan fingerprint density at radius 1 is 1.29 bits per heavy atom. The fourth-order valence-corrected chi connectivity index (χ4v) is 3.70. The molecular weight excluding hydrogens is 294 g/mol. The lowest BCUT2D eigenvalue weighted by atomic mass is 10.3. The molecule has 0 aliphatic carbocycles. The maximum Gasteiger partial charge on any atom is 0.269 e. The molecule has 1 aliphatic heterocycles. The van der Waals surface area contributed by atoms with E-state index in [0.717, 1.165) is 25.9 Å². The average Bonchev–Trinajstić information content (AvgIpc) is 2.90. The van der Waals surface area contributed by atoms with Gasteiger partial charge in [-0.05, 0) is 45.0 Å². The zero-order valence-corrected chi connectivity index (χ0v) is 12.7. The normalized spacial score (nSPS) is 17.8. The van der Waals surface area contributed by atoms with Crippen molar-refractivity contribution in [2.45, 2.75) is 30.7 Å². The second-order valence-corrected chi connectivity index (χ2v) is 7.00. The third kappa shape index (κ3) is 4.23. The van der Waals surface area contributed by atoms with Crippen molar-refractivity contribution in [2.24, 2.45) is 0 Å². The van der Waals surface area contributed by atoms with Crippen LogP contribution in [0.5, 0.6) is 0 Å². The number of nitrogens with zero attached hydrogens (tertiary/aromatic N) is 2. The van der Waals surface area contributed by atoms with Gasteiger partial charge < -0.3 is 4.90 Å². The van der Waals surface area contributed by atoms with Gasteiger partial charge in [0.25, 0.3) is 5.69 Å². The molecule has 1 N–H and O–H groups in total. The van der Waals surface area contributed by atoms with Gasteiger partial charge in [-0.15, -0.1) is 0 Å². The third-order valence-corrected chi connectivity index (χ3v) is 5.05. The highest BCUT2D eigenvalue weighted by Crippen LogP contribution is 2.16. The van der Waals surface area contributed by atoms with Crippen molar-refractivity contribution in [2.75, 3.05) is 19.6 Å². The third-order valence-electron chi connectivity index (χ3n) is 3.44. The van der Waals surface area contributed by atoms with Gasteiger partial charge in [0.15, 0.2) is 0 Å². The van der Waals surface area contributed by atoms with Gasteiger partial charge in [-0.25, -0.2) is 13.1 Å². The molecule has 0 amide bonds. The Hall–Kier alpha value is -1.51. The minimum Gasteiger partial charge on any atom is -0.302 e. The molecule has 0 aromatic heterocycles. The van der Waals surface area contributed by atoms with Gasteiger partial charge in [0.1, 0.15) is 0 Å². The summed E-state index contributed by atoms with van der Waals surface area (Å²) in [6.45, 7) is 4.50. The first-order valence-corrected chi connectivity index (χ1v) is 8.36. The number of benzene rings is 1. The van der Waals surface area contributed by atoms with Crippen LogP contribution in [0.1, 0.15) is 19.8 Å². The standard InChI is InChI=1S/C13H19N3O4S/c1-11(10-15-8-2-3-9-15)14-21(19,20)13-6-4-12(5-7-13)16(17)18/h4-7,11,14H,2-3,8-10H2,1H3/t11-/m0/s1. The van der Waals surface area contributed by atoms with E-state index >= 15 is 0 Å². The summed E-state index contributed by atoms with van der Waals surface area (Å²) in [6, 6.07) is 4.69. The Kier molecular flexibility index (Phi) is 4.92. The van der Waals surface area contributed by atoms with Crippen LogP contribution >= 0.6 is 0 Å². The van der Waals surface area contributed by atoms with Gasteiger partial charge in [-0.2, -0.15) is 0 Å². The van der Waals surface area contributed by atoms with Crippen LogP contribution in [0.25, 0.3) is 0 Å². The molecule has 1 heterocycles. The van der Waals surface area contributed by atoms with E-state index in [-0.39, 0.29) is 16.6 Å². The molecular formula is C13H19N3O4S. The van der Waals surface area contributed by atoms with Gasteiger partial charge in [0.2, 0.25) is 10.0 Å². The lowest BCUT2D eigenvalue weighted by Gasteiger charge is -2.21. The van der Waals surface area contributed by atoms with Crippen LogP contribution < -0.4 is 4.72 Å². The molecule has 0 saturated carbocycles. The molecule has 1 aromatic rings. The molecule has 7 nitrogen and oxygen atoms in total. The van der Waals surface area contributed by atoms with E-state index in [4.69, 9.17) is 0 Å². The van der Waals surface area contributed by atoms with Crippen molar-refractivity contribution >= 4 is 15.7 Å². The molecule has 8 heteroatoms. The predicted octanol–water partition coefficient (Wildman–Crippen LogP) is 1.36. The lowest BCUT2D eigenvalue weighted by molar-refractivity contribution is -0.384. The summed E-state index contributed by atoms with van der Waals surface area (Å²) in [5.74, 6) is 0. The minimum absolute atomic E-state index is 0.0429. The first-order chi connectivity index (χ1) is 9.88. The quantitative estimate of drug-likeness (QED) is 0.632. The highest BCUT2D eigenvalue weighted by Gasteiger charge is 2.21. The number of non-ortho nitro benzene ring substituents is 1. The molecule has 0 spiro atoms. The Bertz CT molecular complexity index is 594. The topological polar surface area (TPSA) is 92.6 Å². The Balaban J connectivity index is 2.01. The summed E-state index contributed by atoms with van der Waals surface area (Å²) in [6.07, 6.45) is 2.31. The van der Waals surface area contributed by atoms with Crippen LogP contribution in [-0.4, -0.2) is 43.9 Å². The smallest absolute Gasteiger partial charge is 0.269 e. The molecule has 2 rings (SSSR count). The molecule has 0 unspecified atom stereocenters. The molecule has 1 fully saturated rings. The van der Waals surface area contributed by atoms with Crippen LogP contribution in [0.15, 0.2) is 29.2 Å². The highest BCUT2D eigenvalue weighted by molar-refractivity contribution is 7.89. The molecule has 116 valence electrons. The molecule has 1 aromatic carbocycles. The van der Waals surface area contributed by atoms with Gasteiger partial charge in [0.05, 0.1) is 9.82 Å². The van der Waals surface area contributed by atoms with E-state index in [1.807, 2.05) is 6.92 Å². The summed E-state index contributed by atoms with van der Waals surface area (Å²) >= 11 is 0. The van der Waals surface area contributed by atoms with Crippen LogP contribution in [-0.2, 0) is 10.0 Å². The number of nitro benzene ring substituents is 1. The van der Waals surface area contributed by atoms with Crippen molar-refractivity contribution in [3.63, 3.8) is 0 Å². The van der Waals surface area contributed by atoms with E-state index in [1.165, 1.54) is 24.3 Å². The molecule has 0 bridgehead atoms. The largest absolute Gasteiger partial charge is 0.302 e. The number of nitrogens with one attached hydrogen (secondary N) is 1. The maximum absolute atomic E-state index is 12.2. The molecule has 1 atom stereocenters. The first kappa shape index (κ1) is 15.9. The van der Waals surface area contributed by atoms with Gasteiger partial charge in [-0.1, -0.05) is 0 Å². The zero-order valence-electron chi connectivity index (χ0n) is 11.9. The molecule has 0 radical (unpaired) electrons. The Morgan fingerprint density at radius 2 is 1.86 bits per heavy atom. The number of sulfonamides is 1. The number of rotatable bonds is 6. The fourth-order valence-electron chi connectivity index (χ4n) is 2.47. The summed E-state index contributed by atoms with van der Waals surface area (Å²) in [5, 5.41) is 10.6. The summed E-state index contributed by atoms with van der Waals surface area (Å²) < 4.78 is 27.0. The molecule has 21 heavy (non-hydrogen) atoms. The van der Waals surface area contributed by atoms with Crippen molar-refractivity contribution in [3.8, 4) is 0 Å². The van der Waals surface area contributed by atoms with Gasteiger partial charge in [0, 0.05) is 24.7 Å². The Morgan fingerprint density at radius 3 is 2.38 bits per heavy atom. The SMILES string of the molecule is C[C@@H](CN1CCCC1)NS(=O)(=O)c1ccc([N+](=O)[O-])cc1. The van der Waals surface area contributed by atoms with E-state index in [1.54, 1.807) is 0 Å². The number of likely N-dealkylation sites (tertiary alicyclic amines) is 1. The van der Waals surface area contributed by atoms with E-state index < -0.39 is 14.9 Å². The lowest BCUT2D eigenvalue weighted by Crippen LogP contribution is -2.40. The van der Waals surface area contributed by atoms with Gasteiger partial charge >= 0.3 is 0 Å². The number of hydrogen-bond acceptors (Lipinski definition) is 5. The van der Waals surface area contributed by atoms with Crippen molar-refractivity contribution < 1.29 is 13.3 Å². The highest BCUT2D eigenvalue weighted by atomic mass is 32.2. The van der Waals surface area contributed by atoms with E-state index in [2.05, 4.69) is 9.62 Å². The van der Waals surface area contributed by atoms with Crippen LogP contribution in [0.4, 0.5) is 5.69 Å². The summed E-state index contributed by atoms with van der Waals surface area (Å²) in [5.41, 5.74) is -0.126. The van der Waals surface area contributed by atoms with E-state index in [9.17, 15) is 18.5 Å². The Labute approximate surface area is 124 Å². The maximum atomic E-state index is 12.2. The van der Waals surface area contributed by atoms with Crippen molar-refractivity contribution in [1.29, 1.82) is 0 Å². The molecule has 1 aliphatic rings. The summed E-state index contributed by atoms with van der Waals surface area (Å²) in [7, 11) is -3.64. The van der Waals surface area contributed by atoms with Crippen molar-refractivity contribution in [3.05, 3.63) is 34.4 Å². The first-order valence-electron chi connectivity index (χ1n) is 6.87. The second-order valence-electron chi connectivity index (χ2n) is 5.28. The fraction of sp³-hybridized carbons (Fsp3) is 0.538. The van der Waals surface area contributed by atoms with Crippen molar-refractivity contribution in [1.82, 2.24) is 9.62 Å². The number of nitro groups is 1. The van der Waals surface area contributed by atoms with Gasteiger partial charge in [-0.3, -0.25) is 10.1 Å². The number of hydrogen-bond donors (Lipinski definition) is 1. The average molecular weight is 313 g/mol. The monoisotopic (exact) mass is 313 g/mol. The molecule has 1 saturated heterocycles. The second kappa shape index (κ2) is 6.50. The minimum atomic E-state index is -3.64. The van der Waals surface area contributed by atoms with E-state index in [0.29, 0.717) is 6.54 Å². The summed E-state index contributed by atoms with van der Waals surface area (Å²) in [4.78, 5) is 12.3. The van der Waals surface area contributed by atoms with Crippen LogP contribution in [0.2, 0.25) is 0 Å². The van der Waals surface area contributed by atoms with Crippen LogP contribution in [0.3, 0.4) is 0 Å². The predicted molar refractivity (Wildman–Crippen MR) is 78.6 cm³/mol.